The number of rotatable bonds is 2. The largest absolute Gasteiger partial charge is 0.388 e. The summed E-state index contributed by atoms with van der Waals surface area (Å²) in [7, 11) is 0. The Hall–Kier alpha value is -0.770. The minimum Gasteiger partial charge on any atom is -0.388 e. The van der Waals surface area contributed by atoms with Crippen molar-refractivity contribution >= 4 is 17.3 Å². The second-order valence-electron chi connectivity index (χ2n) is 4.65. The SMILES string of the molecule is CC1(O)CCN(c2cc(Cl)ccc2CN)C1. The number of benzene rings is 1. The highest BCUT2D eigenvalue weighted by molar-refractivity contribution is 6.30. The average Bonchev–Trinajstić information content (AvgIpc) is 2.59. The van der Waals surface area contributed by atoms with Gasteiger partial charge in [0.15, 0.2) is 0 Å². The van der Waals surface area contributed by atoms with E-state index in [1.807, 2.05) is 25.1 Å². The lowest BCUT2D eigenvalue weighted by atomic mass is 10.1. The summed E-state index contributed by atoms with van der Waals surface area (Å²) in [5.41, 5.74) is 7.22. The minimum atomic E-state index is -0.603. The lowest BCUT2D eigenvalue weighted by Crippen LogP contribution is -2.30. The number of hydrogen-bond acceptors (Lipinski definition) is 3. The molecule has 1 aromatic carbocycles. The summed E-state index contributed by atoms with van der Waals surface area (Å²) < 4.78 is 0. The second kappa shape index (κ2) is 4.24. The van der Waals surface area contributed by atoms with Crippen molar-refractivity contribution in [1.29, 1.82) is 0 Å². The van der Waals surface area contributed by atoms with Gasteiger partial charge in [-0.1, -0.05) is 17.7 Å². The molecule has 0 saturated carbocycles. The average molecular weight is 241 g/mol. The third kappa shape index (κ3) is 2.32. The molecule has 16 heavy (non-hydrogen) atoms. The zero-order chi connectivity index (χ0) is 11.8. The number of halogens is 1. The topological polar surface area (TPSA) is 49.5 Å². The van der Waals surface area contributed by atoms with E-state index in [-0.39, 0.29) is 0 Å². The molecule has 4 heteroatoms. The Bertz CT molecular complexity index is 393. The van der Waals surface area contributed by atoms with Gasteiger partial charge < -0.3 is 15.7 Å². The quantitative estimate of drug-likeness (QED) is 0.828. The first-order valence-electron chi connectivity index (χ1n) is 5.48. The minimum absolute atomic E-state index is 0.491. The third-order valence-corrected chi connectivity index (χ3v) is 3.29. The predicted molar refractivity (Wildman–Crippen MR) is 66.8 cm³/mol. The molecular formula is C12H17ClN2O. The van der Waals surface area contributed by atoms with E-state index in [1.165, 1.54) is 0 Å². The van der Waals surface area contributed by atoms with Crippen molar-refractivity contribution in [3.8, 4) is 0 Å². The van der Waals surface area contributed by atoms with E-state index in [0.29, 0.717) is 18.1 Å². The molecule has 3 N–H and O–H groups in total. The summed E-state index contributed by atoms with van der Waals surface area (Å²) in [4.78, 5) is 2.15. The Morgan fingerprint density at radius 2 is 2.31 bits per heavy atom. The molecule has 1 saturated heterocycles. The maximum Gasteiger partial charge on any atom is 0.0810 e. The molecule has 88 valence electrons. The van der Waals surface area contributed by atoms with Crippen LogP contribution in [0.2, 0.25) is 5.02 Å². The molecule has 1 aliphatic rings. The molecule has 0 aromatic heterocycles. The highest BCUT2D eigenvalue weighted by atomic mass is 35.5. The molecule has 0 amide bonds. The Kier molecular flexibility index (Phi) is 3.10. The first kappa shape index (κ1) is 11.7. The van der Waals surface area contributed by atoms with Gasteiger partial charge in [0.2, 0.25) is 0 Å². The van der Waals surface area contributed by atoms with Crippen molar-refractivity contribution in [2.45, 2.75) is 25.5 Å². The Morgan fingerprint density at radius 3 is 2.88 bits per heavy atom. The van der Waals surface area contributed by atoms with Gasteiger partial charge in [0.05, 0.1) is 5.60 Å². The summed E-state index contributed by atoms with van der Waals surface area (Å²) in [5.74, 6) is 0. The second-order valence-corrected chi connectivity index (χ2v) is 5.08. The molecular weight excluding hydrogens is 224 g/mol. The number of anilines is 1. The van der Waals surface area contributed by atoms with Crippen LogP contribution in [0.1, 0.15) is 18.9 Å². The Morgan fingerprint density at radius 1 is 1.56 bits per heavy atom. The highest BCUT2D eigenvalue weighted by Crippen LogP contribution is 2.30. The smallest absolute Gasteiger partial charge is 0.0810 e. The number of hydrogen-bond donors (Lipinski definition) is 2. The lowest BCUT2D eigenvalue weighted by molar-refractivity contribution is 0.0839. The van der Waals surface area contributed by atoms with Crippen LogP contribution in [-0.4, -0.2) is 23.8 Å². The van der Waals surface area contributed by atoms with Gasteiger partial charge in [0.25, 0.3) is 0 Å². The van der Waals surface area contributed by atoms with Gasteiger partial charge >= 0.3 is 0 Å². The molecule has 1 aliphatic heterocycles. The van der Waals surface area contributed by atoms with Crippen molar-refractivity contribution in [2.24, 2.45) is 5.73 Å². The summed E-state index contributed by atoms with van der Waals surface area (Å²) in [5, 5.41) is 10.7. The molecule has 0 radical (unpaired) electrons. The van der Waals surface area contributed by atoms with Gasteiger partial charge in [-0.05, 0) is 31.0 Å². The van der Waals surface area contributed by atoms with Gasteiger partial charge in [0.1, 0.15) is 0 Å². The van der Waals surface area contributed by atoms with Gasteiger partial charge in [-0.15, -0.1) is 0 Å². The van der Waals surface area contributed by atoms with Crippen molar-refractivity contribution in [3.63, 3.8) is 0 Å². The van der Waals surface area contributed by atoms with Gasteiger partial charge in [-0.3, -0.25) is 0 Å². The summed E-state index contributed by atoms with van der Waals surface area (Å²) in [6.07, 6.45) is 0.781. The van der Waals surface area contributed by atoms with Crippen LogP contribution in [0, 0.1) is 0 Å². The van der Waals surface area contributed by atoms with Crippen molar-refractivity contribution in [1.82, 2.24) is 0 Å². The maximum atomic E-state index is 9.95. The van der Waals surface area contributed by atoms with Crippen molar-refractivity contribution in [2.75, 3.05) is 18.0 Å². The molecule has 0 spiro atoms. The van der Waals surface area contributed by atoms with Crippen LogP contribution in [0.3, 0.4) is 0 Å². The van der Waals surface area contributed by atoms with Crippen LogP contribution in [0.25, 0.3) is 0 Å². The van der Waals surface area contributed by atoms with Crippen molar-refractivity contribution in [3.05, 3.63) is 28.8 Å². The molecule has 0 aliphatic carbocycles. The Balaban J connectivity index is 2.30. The van der Waals surface area contributed by atoms with E-state index in [9.17, 15) is 5.11 Å². The Labute approximate surface area is 101 Å². The molecule has 3 nitrogen and oxygen atoms in total. The molecule has 2 rings (SSSR count). The molecule has 1 atom stereocenters. The van der Waals surface area contributed by atoms with E-state index >= 15 is 0 Å². The fraction of sp³-hybridized carbons (Fsp3) is 0.500. The predicted octanol–water partition coefficient (Wildman–Crippen LogP) is 1.76. The fourth-order valence-electron chi connectivity index (χ4n) is 2.15. The number of nitrogens with zero attached hydrogens (tertiary/aromatic N) is 1. The normalized spacial score (nSPS) is 25.1. The van der Waals surface area contributed by atoms with Crippen LogP contribution in [0.15, 0.2) is 18.2 Å². The maximum absolute atomic E-state index is 9.95. The lowest BCUT2D eigenvalue weighted by Gasteiger charge is -2.23. The fourth-order valence-corrected chi connectivity index (χ4v) is 2.32. The van der Waals surface area contributed by atoms with Gasteiger partial charge in [-0.2, -0.15) is 0 Å². The molecule has 1 aromatic rings. The van der Waals surface area contributed by atoms with E-state index in [2.05, 4.69) is 4.90 Å². The molecule has 1 fully saturated rings. The number of aliphatic hydroxyl groups is 1. The van der Waals surface area contributed by atoms with Crippen LogP contribution >= 0.6 is 11.6 Å². The zero-order valence-corrected chi connectivity index (χ0v) is 10.2. The van der Waals surface area contributed by atoms with Crippen LogP contribution < -0.4 is 10.6 Å². The van der Waals surface area contributed by atoms with E-state index in [0.717, 1.165) is 24.2 Å². The third-order valence-electron chi connectivity index (χ3n) is 3.06. The number of nitrogens with two attached hydrogens (primary N) is 1. The van der Waals surface area contributed by atoms with E-state index < -0.39 is 5.60 Å². The first-order chi connectivity index (χ1) is 7.52. The van der Waals surface area contributed by atoms with E-state index in [4.69, 9.17) is 17.3 Å². The van der Waals surface area contributed by atoms with Crippen LogP contribution in [0.5, 0.6) is 0 Å². The van der Waals surface area contributed by atoms with Crippen molar-refractivity contribution < 1.29 is 5.11 Å². The van der Waals surface area contributed by atoms with Gasteiger partial charge in [0, 0.05) is 30.3 Å². The zero-order valence-electron chi connectivity index (χ0n) is 9.41. The van der Waals surface area contributed by atoms with Crippen LogP contribution in [0.4, 0.5) is 5.69 Å². The van der Waals surface area contributed by atoms with Gasteiger partial charge in [-0.25, -0.2) is 0 Å². The van der Waals surface area contributed by atoms with E-state index in [1.54, 1.807) is 0 Å². The summed E-state index contributed by atoms with van der Waals surface area (Å²) in [6.45, 7) is 3.84. The number of β-amino-alcohol motifs (C(OH)–C–C–N with tert-alkyl or cyclic N) is 1. The standard InChI is InChI=1S/C12H17ClN2O/c1-12(16)4-5-15(8-12)11-6-10(13)3-2-9(11)7-14/h2-3,6,16H,4-5,7-8,14H2,1H3. The molecule has 1 heterocycles. The summed E-state index contributed by atoms with van der Waals surface area (Å²) >= 11 is 5.99. The van der Waals surface area contributed by atoms with Crippen LogP contribution in [-0.2, 0) is 6.54 Å². The highest BCUT2D eigenvalue weighted by Gasteiger charge is 2.32. The summed E-state index contributed by atoms with van der Waals surface area (Å²) in [6, 6.07) is 5.72. The monoisotopic (exact) mass is 240 g/mol. The molecule has 0 bridgehead atoms. The molecule has 1 unspecified atom stereocenters. The first-order valence-corrected chi connectivity index (χ1v) is 5.85.